The summed E-state index contributed by atoms with van der Waals surface area (Å²) in [7, 11) is 0. The summed E-state index contributed by atoms with van der Waals surface area (Å²) >= 11 is 7.58. The van der Waals surface area contributed by atoms with Gasteiger partial charge in [-0.3, -0.25) is 4.79 Å². The molecule has 0 bridgehead atoms. The van der Waals surface area contributed by atoms with Crippen LogP contribution in [0.3, 0.4) is 0 Å². The molecule has 0 aliphatic carbocycles. The minimum absolute atomic E-state index is 0.143. The van der Waals surface area contributed by atoms with Crippen molar-refractivity contribution in [3.8, 4) is 11.5 Å². The van der Waals surface area contributed by atoms with E-state index in [9.17, 15) is 4.79 Å². The Labute approximate surface area is 130 Å². The summed E-state index contributed by atoms with van der Waals surface area (Å²) in [6, 6.07) is 3.53. The number of ether oxygens (including phenoxy) is 2. The quantitative estimate of drug-likeness (QED) is 0.942. The molecule has 1 amide bonds. The van der Waals surface area contributed by atoms with Crippen LogP contribution in [0.1, 0.15) is 12.0 Å². The number of fused-ring (bicyclic) bond motifs is 1. The molecule has 3 rings (SSSR count). The molecule has 1 aliphatic heterocycles. The molecule has 0 saturated carbocycles. The van der Waals surface area contributed by atoms with Crippen LogP contribution in [0.25, 0.3) is 0 Å². The molecule has 7 heteroatoms. The van der Waals surface area contributed by atoms with E-state index in [-0.39, 0.29) is 12.3 Å². The maximum Gasteiger partial charge on any atom is 0.230 e. The molecule has 5 nitrogen and oxygen atoms in total. The molecular weight excluding hydrogens is 312 g/mol. The zero-order chi connectivity index (χ0) is 14.7. The van der Waals surface area contributed by atoms with Gasteiger partial charge in [-0.05, 0) is 17.7 Å². The van der Waals surface area contributed by atoms with Crippen molar-refractivity contribution in [2.75, 3.05) is 18.5 Å². The van der Waals surface area contributed by atoms with Crippen molar-refractivity contribution < 1.29 is 14.3 Å². The summed E-state index contributed by atoms with van der Waals surface area (Å²) < 4.78 is 11.2. The second kappa shape index (κ2) is 6.32. The van der Waals surface area contributed by atoms with Crippen LogP contribution in [0.4, 0.5) is 5.13 Å². The normalized spacial score (nSPS) is 13.6. The molecule has 0 atom stereocenters. The average molecular weight is 325 g/mol. The van der Waals surface area contributed by atoms with Gasteiger partial charge in [-0.1, -0.05) is 11.6 Å². The number of nitrogens with zero attached hydrogens (tertiary/aromatic N) is 1. The Hall–Kier alpha value is -1.79. The molecule has 1 aromatic heterocycles. The Morgan fingerprint density at radius 3 is 3.05 bits per heavy atom. The molecule has 2 heterocycles. The predicted molar refractivity (Wildman–Crippen MR) is 81.5 cm³/mol. The van der Waals surface area contributed by atoms with Gasteiger partial charge in [0.25, 0.3) is 0 Å². The lowest BCUT2D eigenvalue weighted by atomic mass is 10.1. The van der Waals surface area contributed by atoms with E-state index in [1.165, 1.54) is 11.3 Å². The van der Waals surface area contributed by atoms with Gasteiger partial charge in [-0.25, -0.2) is 4.98 Å². The van der Waals surface area contributed by atoms with Gasteiger partial charge >= 0.3 is 0 Å². The van der Waals surface area contributed by atoms with E-state index >= 15 is 0 Å². The zero-order valence-corrected chi connectivity index (χ0v) is 12.7. The van der Waals surface area contributed by atoms with E-state index < -0.39 is 0 Å². The number of benzene rings is 1. The maximum atomic E-state index is 12.0. The van der Waals surface area contributed by atoms with Crippen molar-refractivity contribution in [3.63, 3.8) is 0 Å². The van der Waals surface area contributed by atoms with Crippen molar-refractivity contribution in [1.82, 2.24) is 4.98 Å². The highest BCUT2D eigenvalue weighted by atomic mass is 35.5. The number of rotatable bonds is 3. The Morgan fingerprint density at radius 1 is 1.38 bits per heavy atom. The van der Waals surface area contributed by atoms with Crippen LogP contribution < -0.4 is 14.8 Å². The van der Waals surface area contributed by atoms with Crippen molar-refractivity contribution in [3.05, 3.63) is 34.3 Å². The summed E-state index contributed by atoms with van der Waals surface area (Å²) in [6.07, 6.45) is 2.66. The number of hydrogen-bond donors (Lipinski definition) is 1. The van der Waals surface area contributed by atoms with Gasteiger partial charge in [-0.2, -0.15) is 0 Å². The Bertz CT molecular complexity index is 646. The fourth-order valence-corrected chi connectivity index (χ4v) is 2.85. The lowest BCUT2D eigenvalue weighted by Gasteiger charge is -2.11. The molecule has 1 N–H and O–H groups in total. The lowest BCUT2D eigenvalue weighted by molar-refractivity contribution is -0.115. The summed E-state index contributed by atoms with van der Waals surface area (Å²) in [4.78, 5) is 16.0. The smallest absolute Gasteiger partial charge is 0.230 e. The van der Waals surface area contributed by atoms with Crippen molar-refractivity contribution >= 4 is 34.0 Å². The fraction of sp³-hybridized carbons (Fsp3) is 0.286. The third kappa shape index (κ3) is 3.46. The highest BCUT2D eigenvalue weighted by molar-refractivity contribution is 7.13. The summed E-state index contributed by atoms with van der Waals surface area (Å²) in [5.41, 5.74) is 0.776. The highest BCUT2D eigenvalue weighted by Crippen LogP contribution is 2.38. The number of nitrogens with one attached hydrogen (secondary N) is 1. The number of amides is 1. The summed E-state index contributed by atoms with van der Waals surface area (Å²) in [5.74, 6) is 1.01. The van der Waals surface area contributed by atoms with Gasteiger partial charge in [0.2, 0.25) is 5.91 Å². The van der Waals surface area contributed by atoms with Gasteiger partial charge in [0.15, 0.2) is 16.6 Å². The molecule has 0 spiro atoms. The minimum Gasteiger partial charge on any atom is -0.489 e. The Kier molecular flexibility index (Phi) is 4.26. The predicted octanol–water partition coefficient (Wildman–Crippen LogP) is 3.14. The molecule has 110 valence electrons. The highest BCUT2D eigenvalue weighted by Gasteiger charge is 2.17. The van der Waals surface area contributed by atoms with E-state index in [4.69, 9.17) is 21.1 Å². The molecular formula is C14H13ClN2O3S. The first-order chi connectivity index (χ1) is 10.2. The summed E-state index contributed by atoms with van der Waals surface area (Å²) in [5, 5.41) is 5.59. The molecule has 21 heavy (non-hydrogen) atoms. The van der Waals surface area contributed by atoms with Gasteiger partial charge in [-0.15, -0.1) is 11.3 Å². The SMILES string of the molecule is O=C(Cc1cc(Cl)c2c(c1)OCCCO2)Nc1nccs1. The maximum absolute atomic E-state index is 12.0. The molecule has 0 saturated heterocycles. The van der Waals surface area contributed by atoms with Crippen LogP contribution >= 0.6 is 22.9 Å². The molecule has 1 aromatic carbocycles. The molecule has 2 aromatic rings. The number of carbonyl (C=O) groups excluding carboxylic acids is 1. The minimum atomic E-state index is -0.143. The number of anilines is 1. The van der Waals surface area contributed by atoms with Crippen LogP contribution in [0.15, 0.2) is 23.7 Å². The molecule has 0 unspecified atom stereocenters. The topological polar surface area (TPSA) is 60.5 Å². The van der Waals surface area contributed by atoms with E-state index in [0.717, 1.165) is 12.0 Å². The van der Waals surface area contributed by atoms with Gasteiger partial charge in [0.05, 0.1) is 24.7 Å². The second-order valence-electron chi connectivity index (χ2n) is 4.52. The first-order valence-electron chi connectivity index (χ1n) is 6.50. The lowest BCUT2D eigenvalue weighted by Crippen LogP contribution is -2.14. The van der Waals surface area contributed by atoms with E-state index in [0.29, 0.717) is 34.9 Å². The third-order valence-electron chi connectivity index (χ3n) is 2.91. The first kappa shape index (κ1) is 14.2. The number of carbonyl (C=O) groups is 1. The van der Waals surface area contributed by atoms with Crippen molar-refractivity contribution in [2.24, 2.45) is 0 Å². The fourth-order valence-electron chi connectivity index (χ4n) is 2.02. The number of thiazole rings is 1. The third-order valence-corrected chi connectivity index (χ3v) is 3.87. The monoisotopic (exact) mass is 324 g/mol. The number of aromatic nitrogens is 1. The average Bonchev–Trinajstić information content (AvgIpc) is 2.82. The molecule has 0 fully saturated rings. The largest absolute Gasteiger partial charge is 0.489 e. The van der Waals surface area contributed by atoms with Gasteiger partial charge in [0.1, 0.15) is 0 Å². The van der Waals surface area contributed by atoms with E-state index in [1.807, 2.05) is 0 Å². The van der Waals surface area contributed by atoms with Crippen molar-refractivity contribution in [2.45, 2.75) is 12.8 Å². The zero-order valence-electron chi connectivity index (χ0n) is 11.1. The van der Waals surface area contributed by atoms with Crippen LogP contribution in [0.5, 0.6) is 11.5 Å². The van der Waals surface area contributed by atoms with Gasteiger partial charge in [0, 0.05) is 18.0 Å². The van der Waals surface area contributed by atoms with Crippen LogP contribution in [-0.2, 0) is 11.2 Å². The van der Waals surface area contributed by atoms with E-state index in [2.05, 4.69) is 10.3 Å². The first-order valence-corrected chi connectivity index (χ1v) is 7.75. The Balaban J connectivity index is 1.75. The standard InChI is InChI=1S/C14H13ClN2O3S/c15-10-6-9(7-11-13(10)20-4-1-3-19-11)8-12(18)17-14-16-2-5-21-14/h2,5-7H,1,3-4,8H2,(H,16,17,18). The number of halogens is 1. The number of hydrogen-bond acceptors (Lipinski definition) is 5. The Morgan fingerprint density at radius 2 is 2.24 bits per heavy atom. The van der Waals surface area contributed by atoms with Crippen LogP contribution in [-0.4, -0.2) is 24.1 Å². The van der Waals surface area contributed by atoms with Crippen molar-refractivity contribution in [1.29, 1.82) is 0 Å². The van der Waals surface area contributed by atoms with Crippen LogP contribution in [0.2, 0.25) is 5.02 Å². The molecule has 0 radical (unpaired) electrons. The van der Waals surface area contributed by atoms with Gasteiger partial charge < -0.3 is 14.8 Å². The second-order valence-corrected chi connectivity index (χ2v) is 5.82. The van der Waals surface area contributed by atoms with Crippen LogP contribution in [0, 0.1) is 0 Å². The molecule has 1 aliphatic rings. The summed E-state index contributed by atoms with van der Waals surface area (Å²) in [6.45, 7) is 1.16. The van der Waals surface area contributed by atoms with E-state index in [1.54, 1.807) is 23.7 Å².